The zero-order valence-electron chi connectivity index (χ0n) is 17.1. The van der Waals surface area contributed by atoms with Gasteiger partial charge in [0.15, 0.2) is 5.82 Å². The van der Waals surface area contributed by atoms with E-state index in [9.17, 15) is 9.59 Å². The number of benzene rings is 1. The van der Waals surface area contributed by atoms with Crippen LogP contribution in [0.2, 0.25) is 0 Å². The Balaban J connectivity index is 1.83. The zero-order chi connectivity index (χ0) is 20.8. The molecule has 1 aliphatic rings. The van der Waals surface area contributed by atoms with Gasteiger partial charge >= 0.3 is 12.0 Å². The SMILES string of the molecule is CCOC(=O)CNC(=O)N1CCc2nc(-c3ccccc3)nc(N(C)CC)c2C1. The van der Waals surface area contributed by atoms with Crippen LogP contribution in [0, 0.1) is 0 Å². The number of hydrogen-bond donors (Lipinski definition) is 1. The molecule has 1 N–H and O–H groups in total. The Hall–Kier alpha value is -3.16. The van der Waals surface area contributed by atoms with Gasteiger partial charge in [-0.1, -0.05) is 30.3 Å². The summed E-state index contributed by atoms with van der Waals surface area (Å²) in [7, 11) is 1.98. The van der Waals surface area contributed by atoms with Gasteiger partial charge in [-0.2, -0.15) is 0 Å². The molecule has 8 heteroatoms. The number of nitrogens with zero attached hydrogens (tertiary/aromatic N) is 4. The van der Waals surface area contributed by atoms with Crippen molar-refractivity contribution in [1.82, 2.24) is 20.2 Å². The molecule has 0 spiro atoms. The van der Waals surface area contributed by atoms with Crippen LogP contribution in [-0.2, 0) is 22.5 Å². The Morgan fingerprint density at radius 2 is 1.97 bits per heavy atom. The van der Waals surface area contributed by atoms with Gasteiger partial charge in [-0.15, -0.1) is 0 Å². The molecule has 0 aliphatic carbocycles. The third kappa shape index (κ3) is 4.82. The highest BCUT2D eigenvalue weighted by molar-refractivity contribution is 5.81. The standard InChI is InChI=1S/C21H27N5O3/c1-4-25(3)20-16-14-26(21(28)22-13-18(27)29-5-2)12-11-17(16)23-19(24-20)15-9-7-6-8-10-15/h6-10H,4-5,11-14H2,1-3H3,(H,22,28). The van der Waals surface area contributed by atoms with Crippen molar-refractivity contribution in [1.29, 1.82) is 0 Å². The van der Waals surface area contributed by atoms with Crippen molar-refractivity contribution < 1.29 is 14.3 Å². The highest BCUT2D eigenvalue weighted by atomic mass is 16.5. The van der Waals surface area contributed by atoms with Crippen LogP contribution in [0.4, 0.5) is 10.6 Å². The van der Waals surface area contributed by atoms with Crippen LogP contribution in [0.3, 0.4) is 0 Å². The molecular formula is C21H27N5O3. The van der Waals surface area contributed by atoms with E-state index in [2.05, 4.69) is 17.1 Å². The molecule has 2 heterocycles. The molecule has 0 unspecified atom stereocenters. The number of amides is 2. The maximum atomic E-state index is 12.5. The summed E-state index contributed by atoms with van der Waals surface area (Å²) in [5.41, 5.74) is 2.88. The number of urea groups is 1. The normalized spacial score (nSPS) is 12.9. The first-order valence-corrected chi connectivity index (χ1v) is 9.88. The van der Waals surface area contributed by atoms with Gasteiger partial charge in [0.1, 0.15) is 12.4 Å². The first-order chi connectivity index (χ1) is 14.0. The molecule has 0 atom stereocenters. The molecule has 29 heavy (non-hydrogen) atoms. The summed E-state index contributed by atoms with van der Waals surface area (Å²) in [6.07, 6.45) is 0.634. The van der Waals surface area contributed by atoms with Crippen molar-refractivity contribution in [2.75, 3.05) is 38.2 Å². The van der Waals surface area contributed by atoms with E-state index in [1.54, 1.807) is 11.8 Å². The van der Waals surface area contributed by atoms with Gasteiger partial charge in [0.05, 0.1) is 18.8 Å². The van der Waals surface area contributed by atoms with E-state index < -0.39 is 5.97 Å². The molecule has 0 radical (unpaired) electrons. The number of carbonyl (C=O) groups is 2. The molecule has 0 bridgehead atoms. The lowest BCUT2D eigenvalue weighted by Gasteiger charge is -2.31. The summed E-state index contributed by atoms with van der Waals surface area (Å²) in [6, 6.07) is 9.60. The van der Waals surface area contributed by atoms with E-state index in [0.717, 1.165) is 29.2 Å². The van der Waals surface area contributed by atoms with E-state index >= 15 is 0 Å². The van der Waals surface area contributed by atoms with Gasteiger partial charge < -0.3 is 19.9 Å². The maximum absolute atomic E-state index is 12.5. The number of ether oxygens (including phenoxy) is 1. The number of aromatic nitrogens is 2. The Morgan fingerprint density at radius 3 is 2.66 bits per heavy atom. The predicted molar refractivity (Wildman–Crippen MR) is 111 cm³/mol. The quantitative estimate of drug-likeness (QED) is 0.752. The second kappa shape index (κ2) is 9.36. The van der Waals surface area contributed by atoms with Gasteiger partial charge in [-0.05, 0) is 13.8 Å². The number of carbonyl (C=O) groups excluding carboxylic acids is 2. The topological polar surface area (TPSA) is 87.7 Å². The lowest BCUT2D eigenvalue weighted by Crippen LogP contribution is -2.45. The van der Waals surface area contributed by atoms with E-state index in [0.29, 0.717) is 31.9 Å². The number of fused-ring (bicyclic) bond motifs is 1. The summed E-state index contributed by atoms with van der Waals surface area (Å²) in [6.45, 7) is 5.66. The van der Waals surface area contributed by atoms with Crippen molar-refractivity contribution in [3.63, 3.8) is 0 Å². The Labute approximate surface area is 170 Å². The van der Waals surface area contributed by atoms with Gasteiger partial charge in [0, 0.05) is 37.7 Å². The molecule has 2 amide bonds. The Bertz CT molecular complexity index is 872. The minimum absolute atomic E-state index is 0.138. The molecule has 2 aromatic rings. The Kier molecular flexibility index (Phi) is 6.64. The molecule has 1 aromatic heterocycles. The van der Waals surface area contributed by atoms with Crippen molar-refractivity contribution in [2.45, 2.75) is 26.8 Å². The largest absolute Gasteiger partial charge is 0.465 e. The monoisotopic (exact) mass is 397 g/mol. The molecule has 3 rings (SSSR count). The molecule has 154 valence electrons. The average Bonchev–Trinajstić information content (AvgIpc) is 2.76. The number of esters is 1. The van der Waals surface area contributed by atoms with Gasteiger partial charge in [0.2, 0.25) is 0 Å². The van der Waals surface area contributed by atoms with Crippen LogP contribution < -0.4 is 10.2 Å². The highest BCUT2D eigenvalue weighted by Gasteiger charge is 2.27. The van der Waals surface area contributed by atoms with Gasteiger partial charge in [-0.3, -0.25) is 4.79 Å². The van der Waals surface area contributed by atoms with Crippen LogP contribution in [0.25, 0.3) is 11.4 Å². The number of nitrogens with one attached hydrogen (secondary N) is 1. The summed E-state index contributed by atoms with van der Waals surface area (Å²) < 4.78 is 4.86. The Morgan fingerprint density at radius 1 is 1.21 bits per heavy atom. The lowest BCUT2D eigenvalue weighted by atomic mass is 10.0. The first-order valence-electron chi connectivity index (χ1n) is 9.88. The zero-order valence-corrected chi connectivity index (χ0v) is 17.1. The third-order valence-corrected chi connectivity index (χ3v) is 4.88. The minimum Gasteiger partial charge on any atom is -0.465 e. The van der Waals surface area contributed by atoms with Crippen molar-refractivity contribution in [3.05, 3.63) is 41.6 Å². The van der Waals surface area contributed by atoms with Crippen molar-refractivity contribution in [2.24, 2.45) is 0 Å². The van der Waals surface area contributed by atoms with Crippen LogP contribution in [0.15, 0.2) is 30.3 Å². The highest BCUT2D eigenvalue weighted by Crippen LogP contribution is 2.29. The summed E-state index contributed by atoms with van der Waals surface area (Å²) in [4.78, 5) is 37.3. The van der Waals surface area contributed by atoms with Gasteiger partial charge in [0.25, 0.3) is 0 Å². The van der Waals surface area contributed by atoms with E-state index in [1.165, 1.54) is 0 Å². The third-order valence-electron chi connectivity index (χ3n) is 4.88. The molecule has 1 aliphatic heterocycles. The number of hydrogen-bond acceptors (Lipinski definition) is 6. The van der Waals surface area contributed by atoms with Crippen LogP contribution >= 0.6 is 0 Å². The molecule has 8 nitrogen and oxygen atoms in total. The smallest absolute Gasteiger partial charge is 0.325 e. The molecular weight excluding hydrogens is 370 g/mol. The fourth-order valence-electron chi connectivity index (χ4n) is 3.22. The summed E-state index contributed by atoms with van der Waals surface area (Å²) in [5, 5.41) is 2.63. The lowest BCUT2D eigenvalue weighted by molar-refractivity contribution is -0.141. The molecule has 1 aromatic carbocycles. The summed E-state index contributed by atoms with van der Waals surface area (Å²) >= 11 is 0. The summed E-state index contributed by atoms with van der Waals surface area (Å²) in [5.74, 6) is 1.08. The van der Waals surface area contributed by atoms with E-state index in [4.69, 9.17) is 14.7 Å². The predicted octanol–water partition coefficient (Wildman–Crippen LogP) is 2.23. The average molecular weight is 397 g/mol. The van der Waals surface area contributed by atoms with E-state index in [1.807, 2.05) is 37.4 Å². The molecule has 0 saturated carbocycles. The minimum atomic E-state index is -0.444. The van der Waals surface area contributed by atoms with Crippen molar-refractivity contribution >= 4 is 17.8 Å². The van der Waals surface area contributed by atoms with E-state index in [-0.39, 0.29) is 12.6 Å². The fraction of sp³-hybridized carbons (Fsp3) is 0.429. The first kappa shape index (κ1) is 20.6. The molecule has 0 fully saturated rings. The second-order valence-electron chi connectivity index (χ2n) is 6.81. The van der Waals surface area contributed by atoms with Crippen LogP contribution in [0.5, 0.6) is 0 Å². The maximum Gasteiger partial charge on any atom is 0.325 e. The molecule has 0 saturated heterocycles. The van der Waals surface area contributed by atoms with Crippen LogP contribution in [-0.4, -0.2) is 60.2 Å². The van der Waals surface area contributed by atoms with Crippen LogP contribution in [0.1, 0.15) is 25.1 Å². The van der Waals surface area contributed by atoms with Crippen molar-refractivity contribution in [3.8, 4) is 11.4 Å². The fourth-order valence-corrected chi connectivity index (χ4v) is 3.22. The second-order valence-corrected chi connectivity index (χ2v) is 6.81. The number of anilines is 1. The van der Waals surface area contributed by atoms with Gasteiger partial charge in [-0.25, -0.2) is 14.8 Å². The number of rotatable bonds is 6.